The van der Waals surface area contributed by atoms with Gasteiger partial charge in [0.1, 0.15) is 0 Å². The predicted molar refractivity (Wildman–Crippen MR) is 108 cm³/mol. The minimum atomic E-state index is 0.761. The molecule has 7 nitrogen and oxygen atoms in total. The molecule has 28 heavy (non-hydrogen) atoms. The summed E-state index contributed by atoms with van der Waals surface area (Å²) >= 11 is 0. The molecule has 0 N–H and O–H groups in total. The van der Waals surface area contributed by atoms with Crippen LogP contribution in [-0.2, 0) is 14.4 Å². The standard InChI is InChI=1S/C21H12N4O3/c26-10-22-13-1-4-16(22)19(7-13)25(20-8-14-2-5-17(20)23(14)11-27)21-9-15-3-6-18(21)24(15)12-28/h1-12H. The van der Waals surface area contributed by atoms with Crippen molar-refractivity contribution in [3.05, 3.63) is 54.6 Å². The average Bonchev–Trinajstić information content (AvgIpc) is 3.54. The molecule has 0 saturated carbocycles. The SMILES string of the molecule is O=Cn1c2ccc1c(N(c1cc3ccc1n3C=O)c1cc3ccc1n3C=O)c2. The number of hydrogen-bond acceptors (Lipinski definition) is 4. The number of rotatable bonds is 6. The van der Waals surface area contributed by atoms with Crippen molar-refractivity contribution in [1.29, 1.82) is 0 Å². The number of carbonyl (C=O) groups is 3. The Morgan fingerprint density at radius 2 is 0.857 bits per heavy atom. The number of hydrogen-bond donors (Lipinski definition) is 0. The van der Waals surface area contributed by atoms with Crippen molar-refractivity contribution in [1.82, 2.24) is 13.7 Å². The third-order valence-corrected chi connectivity index (χ3v) is 5.53. The van der Waals surface area contributed by atoms with E-state index in [2.05, 4.69) is 0 Å². The molecule has 0 amide bonds. The number of benzene rings is 3. The van der Waals surface area contributed by atoms with E-state index in [4.69, 9.17) is 0 Å². The molecule has 6 aromatic heterocycles. The van der Waals surface area contributed by atoms with Gasteiger partial charge in [-0.1, -0.05) is 0 Å². The van der Waals surface area contributed by atoms with E-state index in [1.165, 1.54) is 0 Å². The maximum absolute atomic E-state index is 11.5. The molecule has 0 spiro atoms. The van der Waals surface area contributed by atoms with Gasteiger partial charge < -0.3 is 4.90 Å². The van der Waals surface area contributed by atoms with Gasteiger partial charge in [-0.2, -0.15) is 0 Å². The number of anilines is 3. The van der Waals surface area contributed by atoms with E-state index in [1.54, 1.807) is 13.7 Å². The van der Waals surface area contributed by atoms with E-state index >= 15 is 0 Å². The highest BCUT2D eigenvalue weighted by molar-refractivity contribution is 6.07. The zero-order chi connectivity index (χ0) is 19.0. The summed E-state index contributed by atoms with van der Waals surface area (Å²) in [4.78, 5) is 36.6. The van der Waals surface area contributed by atoms with E-state index in [0.29, 0.717) is 0 Å². The summed E-state index contributed by atoms with van der Waals surface area (Å²) < 4.78 is 4.75. The van der Waals surface area contributed by atoms with Crippen molar-refractivity contribution >= 4 is 69.4 Å². The quantitative estimate of drug-likeness (QED) is 0.422. The Balaban J connectivity index is 1.68. The normalized spacial score (nSPS) is 12.0. The van der Waals surface area contributed by atoms with Crippen LogP contribution in [-0.4, -0.2) is 32.9 Å². The van der Waals surface area contributed by atoms with Gasteiger partial charge in [-0.05, 0) is 54.6 Å². The van der Waals surface area contributed by atoms with Crippen molar-refractivity contribution in [2.24, 2.45) is 0 Å². The predicted octanol–water partition coefficient (Wildman–Crippen LogP) is 3.45. The van der Waals surface area contributed by atoms with Crippen LogP contribution in [0.25, 0.3) is 33.1 Å². The maximum atomic E-state index is 11.5. The zero-order valence-electron chi connectivity index (χ0n) is 14.4. The molecule has 0 atom stereocenters. The highest BCUT2D eigenvalue weighted by Crippen LogP contribution is 2.46. The zero-order valence-corrected chi connectivity index (χ0v) is 14.4. The Kier molecular flexibility index (Phi) is 2.66. The number of nitrogens with zero attached hydrogens (tertiary/aromatic N) is 4. The third-order valence-electron chi connectivity index (χ3n) is 5.53. The number of carbonyl (C=O) groups excluding carboxylic acids is 3. The molecule has 0 aliphatic rings. The van der Waals surface area contributed by atoms with Gasteiger partial charge in [-0.3, -0.25) is 28.1 Å². The van der Waals surface area contributed by atoms with Crippen LogP contribution in [0.2, 0.25) is 0 Å². The van der Waals surface area contributed by atoms with Crippen LogP contribution in [0.15, 0.2) is 54.6 Å². The van der Waals surface area contributed by atoms with Gasteiger partial charge in [0.05, 0.1) is 50.2 Å². The molecule has 6 aromatic rings. The molecule has 6 rings (SSSR count). The van der Waals surface area contributed by atoms with Gasteiger partial charge in [0, 0.05) is 0 Å². The van der Waals surface area contributed by atoms with Crippen LogP contribution < -0.4 is 4.90 Å². The fourth-order valence-electron chi connectivity index (χ4n) is 4.29. The molecule has 6 heterocycles. The Labute approximate surface area is 157 Å². The lowest BCUT2D eigenvalue weighted by atomic mass is 10.2. The van der Waals surface area contributed by atoms with Crippen molar-refractivity contribution in [3.63, 3.8) is 0 Å². The summed E-state index contributed by atoms with van der Waals surface area (Å²) in [5.41, 5.74) is 7.12. The van der Waals surface area contributed by atoms with Crippen molar-refractivity contribution in [2.75, 3.05) is 4.90 Å². The molecule has 0 aliphatic heterocycles. The van der Waals surface area contributed by atoms with Crippen LogP contribution in [0.4, 0.5) is 17.1 Å². The number of aromatic nitrogens is 3. The Bertz CT molecular complexity index is 1300. The largest absolute Gasteiger partial charge is 0.304 e. The second-order valence-electron chi connectivity index (χ2n) is 6.78. The lowest BCUT2D eigenvalue weighted by molar-refractivity contribution is 0.550. The maximum Gasteiger partial charge on any atom is 0.218 e. The van der Waals surface area contributed by atoms with Crippen molar-refractivity contribution in [3.8, 4) is 0 Å². The molecule has 6 bridgehead atoms. The van der Waals surface area contributed by atoms with Crippen LogP contribution in [0.5, 0.6) is 0 Å². The summed E-state index contributed by atoms with van der Waals surface area (Å²) in [6.07, 6.45) is 2.36. The van der Waals surface area contributed by atoms with Crippen LogP contribution in [0, 0.1) is 0 Å². The summed E-state index contributed by atoms with van der Waals surface area (Å²) in [5.74, 6) is 0. The third kappa shape index (κ3) is 1.61. The fraction of sp³-hybridized carbons (Fsp3) is 0. The monoisotopic (exact) mass is 368 g/mol. The average molecular weight is 368 g/mol. The van der Waals surface area contributed by atoms with Gasteiger partial charge in [-0.25, -0.2) is 0 Å². The second kappa shape index (κ2) is 4.98. The topological polar surface area (TPSA) is 69.2 Å². The highest BCUT2D eigenvalue weighted by atomic mass is 16.1. The van der Waals surface area contributed by atoms with E-state index in [0.717, 1.165) is 69.4 Å². The van der Waals surface area contributed by atoms with Gasteiger partial charge in [-0.15, -0.1) is 0 Å². The van der Waals surface area contributed by atoms with Gasteiger partial charge in [0.2, 0.25) is 19.2 Å². The minimum Gasteiger partial charge on any atom is -0.304 e. The van der Waals surface area contributed by atoms with E-state index in [9.17, 15) is 14.4 Å². The Hall–Kier alpha value is -4.13. The second-order valence-corrected chi connectivity index (χ2v) is 6.78. The lowest BCUT2D eigenvalue weighted by Crippen LogP contribution is -2.10. The molecular formula is C21H12N4O3. The van der Waals surface area contributed by atoms with Crippen molar-refractivity contribution in [2.45, 2.75) is 0 Å². The van der Waals surface area contributed by atoms with Gasteiger partial charge in [0.15, 0.2) is 0 Å². The smallest absolute Gasteiger partial charge is 0.218 e. The first-order valence-electron chi connectivity index (χ1n) is 8.71. The van der Waals surface area contributed by atoms with Crippen LogP contribution in [0.3, 0.4) is 0 Å². The summed E-state index contributed by atoms with van der Waals surface area (Å²) in [6, 6.07) is 17.1. The summed E-state index contributed by atoms with van der Waals surface area (Å²) in [7, 11) is 0. The van der Waals surface area contributed by atoms with Crippen LogP contribution in [0.1, 0.15) is 0 Å². The number of fused-ring (bicyclic) bond motifs is 6. The Morgan fingerprint density at radius 3 is 1.11 bits per heavy atom. The summed E-state index contributed by atoms with van der Waals surface area (Å²) in [6.45, 7) is 0. The highest BCUT2D eigenvalue weighted by Gasteiger charge is 2.27. The van der Waals surface area contributed by atoms with E-state index < -0.39 is 0 Å². The fourth-order valence-corrected chi connectivity index (χ4v) is 4.29. The molecule has 134 valence electrons. The van der Waals surface area contributed by atoms with Crippen molar-refractivity contribution < 1.29 is 14.4 Å². The van der Waals surface area contributed by atoms with E-state index in [1.807, 2.05) is 59.5 Å². The van der Waals surface area contributed by atoms with Gasteiger partial charge in [0.25, 0.3) is 0 Å². The first kappa shape index (κ1) is 15.0. The molecule has 7 heteroatoms. The van der Waals surface area contributed by atoms with Crippen LogP contribution >= 0.6 is 0 Å². The molecule has 0 aliphatic carbocycles. The molecular weight excluding hydrogens is 356 g/mol. The molecule has 0 unspecified atom stereocenters. The molecule has 0 radical (unpaired) electrons. The first-order chi connectivity index (χ1) is 13.7. The van der Waals surface area contributed by atoms with Gasteiger partial charge >= 0.3 is 0 Å². The molecule has 0 aromatic carbocycles. The first-order valence-corrected chi connectivity index (χ1v) is 8.71. The molecule has 0 fully saturated rings. The summed E-state index contributed by atoms with van der Waals surface area (Å²) in [5, 5.41) is 0. The lowest BCUT2D eigenvalue weighted by Gasteiger charge is -2.23. The minimum absolute atomic E-state index is 0.761. The Morgan fingerprint density at radius 1 is 0.536 bits per heavy atom. The molecule has 0 saturated heterocycles. The van der Waals surface area contributed by atoms with E-state index in [-0.39, 0.29) is 0 Å².